The third kappa shape index (κ3) is 4.65. The summed E-state index contributed by atoms with van der Waals surface area (Å²) in [4.78, 5) is 10.5. The Morgan fingerprint density at radius 2 is 2.24 bits per heavy atom. The molecule has 94 valence electrons. The summed E-state index contributed by atoms with van der Waals surface area (Å²) in [5.74, 6) is 0.140. The van der Waals surface area contributed by atoms with E-state index in [0.29, 0.717) is 5.02 Å². The van der Waals surface area contributed by atoms with E-state index in [2.05, 4.69) is 0 Å². The monoisotopic (exact) mass is 256 g/mol. The molecular weight excluding hydrogens is 240 g/mol. The summed E-state index contributed by atoms with van der Waals surface area (Å²) in [6.07, 6.45) is 1.81. The number of benzene rings is 1. The normalized spacial score (nSPS) is 12.2. The van der Waals surface area contributed by atoms with Gasteiger partial charge in [-0.3, -0.25) is 4.79 Å². The first-order valence-electron chi connectivity index (χ1n) is 5.57. The number of methoxy groups -OCH3 is 1. The molecule has 0 saturated carbocycles. The molecule has 1 aromatic rings. The minimum Gasteiger partial charge on any atom is -0.497 e. The van der Waals surface area contributed by atoms with Crippen LogP contribution < -0.4 is 4.74 Å². The highest BCUT2D eigenvalue weighted by atomic mass is 35.5. The smallest absolute Gasteiger partial charge is 0.303 e. The molecule has 0 fully saturated rings. The number of rotatable bonds is 6. The van der Waals surface area contributed by atoms with Gasteiger partial charge in [-0.05, 0) is 36.5 Å². The van der Waals surface area contributed by atoms with Gasteiger partial charge in [-0.15, -0.1) is 0 Å². The van der Waals surface area contributed by atoms with Crippen LogP contribution in [-0.4, -0.2) is 18.2 Å². The number of carboxylic acid groups (broad SMARTS) is 1. The fourth-order valence-electron chi connectivity index (χ4n) is 1.66. The SMILES string of the molecule is COc1ccc(CCC(C)CC(=O)O)c(Cl)c1. The fraction of sp³-hybridized carbons (Fsp3) is 0.462. The average molecular weight is 257 g/mol. The second kappa shape index (κ2) is 6.50. The maximum absolute atomic E-state index is 10.5. The molecule has 0 heterocycles. The van der Waals surface area contributed by atoms with Crippen molar-refractivity contribution in [1.82, 2.24) is 0 Å². The maximum atomic E-state index is 10.5. The van der Waals surface area contributed by atoms with E-state index in [1.165, 1.54) is 0 Å². The number of halogens is 1. The molecule has 1 atom stereocenters. The molecule has 0 amide bonds. The van der Waals surface area contributed by atoms with Gasteiger partial charge in [-0.1, -0.05) is 24.6 Å². The molecule has 17 heavy (non-hydrogen) atoms. The van der Waals surface area contributed by atoms with Gasteiger partial charge in [0.2, 0.25) is 0 Å². The Balaban J connectivity index is 2.54. The Kier molecular flexibility index (Phi) is 5.29. The largest absolute Gasteiger partial charge is 0.497 e. The summed E-state index contributed by atoms with van der Waals surface area (Å²) in [7, 11) is 1.60. The molecule has 0 aliphatic rings. The Bertz CT molecular complexity index is 390. The van der Waals surface area contributed by atoms with E-state index >= 15 is 0 Å². The summed E-state index contributed by atoms with van der Waals surface area (Å²) in [6, 6.07) is 5.57. The third-order valence-electron chi connectivity index (χ3n) is 2.69. The van der Waals surface area contributed by atoms with Gasteiger partial charge in [-0.25, -0.2) is 0 Å². The first-order valence-corrected chi connectivity index (χ1v) is 5.95. The third-order valence-corrected chi connectivity index (χ3v) is 3.04. The predicted molar refractivity (Wildman–Crippen MR) is 67.7 cm³/mol. The van der Waals surface area contributed by atoms with Gasteiger partial charge >= 0.3 is 5.97 Å². The van der Waals surface area contributed by atoms with Crippen LogP contribution in [0.5, 0.6) is 5.75 Å². The van der Waals surface area contributed by atoms with E-state index in [1.54, 1.807) is 13.2 Å². The topological polar surface area (TPSA) is 46.5 Å². The van der Waals surface area contributed by atoms with E-state index in [-0.39, 0.29) is 12.3 Å². The second-order valence-electron chi connectivity index (χ2n) is 4.20. The molecule has 0 aliphatic heterocycles. The van der Waals surface area contributed by atoms with Crippen LogP contribution in [0.4, 0.5) is 0 Å². The zero-order valence-electron chi connectivity index (χ0n) is 10.1. The summed E-state index contributed by atoms with van der Waals surface area (Å²) in [5.41, 5.74) is 1.03. The number of hydrogen-bond acceptors (Lipinski definition) is 2. The van der Waals surface area contributed by atoms with Crippen molar-refractivity contribution < 1.29 is 14.6 Å². The lowest BCUT2D eigenvalue weighted by atomic mass is 9.98. The molecule has 0 bridgehead atoms. The van der Waals surface area contributed by atoms with Crippen molar-refractivity contribution in [2.45, 2.75) is 26.2 Å². The minimum absolute atomic E-state index is 0.158. The van der Waals surface area contributed by atoms with Crippen molar-refractivity contribution in [3.63, 3.8) is 0 Å². The summed E-state index contributed by atoms with van der Waals surface area (Å²) < 4.78 is 5.07. The maximum Gasteiger partial charge on any atom is 0.303 e. The van der Waals surface area contributed by atoms with Gasteiger partial charge in [0.05, 0.1) is 7.11 Å². The Morgan fingerprint density at radius 1 is 1.53 bits per heavy atom. The standard InChI is InChI=1S/C13H17ClO3/c1-9(7-13(15)16)3-4-10-5-6-11(17-2)8-12(10)14/h5-6,8-9H,3-4,7H2,1-2H3,(H,15,16). The van der Waals surface area contributed by atoms with Crippen molar-refractivity contribution in [3.8, 4) is 5.75 Å². The average Bonchev–Trinajstić information content (AvgIpc) is 2.26. The first-order chi connectivity index (χ1) is 8.02. The molecule has 4 heteroatoms. The van der Waals surface area contributed by atoms with Crippen LogP contribution in [0.25, 0.3) is 0 Å². The van der Waals surface area contributed by atoms with Crippen LogP contribution in [0.3, 0.4) is 0 Å². The Hall–Kier alpha value is -1.22. The lowest BCUT2D eigenvalue weighted by Gasteiger charge is -2.10. The molecule has 0 aromatic heterocycles. The molecule has 0 radical (unpaired) electrons. The number of aryl methyl sites for hydroxylation is 1. The van der Waals surface area contributed by atoms with Gasteiger partial charge in [0, 0.05) is 11.4 Å². The van der Waals surface area contributed by atoms with Crippen molar-refractivity contribution in [2.75, 3.05) is 7.11 Å². The van der Waals surface area contributed by atoms with Crippen LogP contribution in [0.1, 0.15) is 25.3 Å². The van der Waals surface area contributed by atoms with E-state index in [1.807, 2.05) is 19.1 Å². The van der Waals surface area contributed by atoms with Crippen molar-refractivity contribution in [1.29, 1.82) is 0 Å². The number of ether oxygens (including phenoxy) is 1. The Labute approximate surface area is 106 Å². The van der Waals surface area contributed by atoms with Crippen LogP contribution in [-0.2, 0) is 11.2 Å². The second-order valence-corrected chi connectivity index (χ2v) is 4.61. The molecule has 1 unspecified atom stereocenters. The van der Waals surface area contributed by atoms with Gasteiger partial charge in [0.1, 0.15) is 5.75 Å². The first kappa shape index (κ1) is 13.8. The Morgan fingerprint density at radius 3 is 2.76 bits per heavy atom. The zero-order chi connectivity index (χ0) is 12.8. The van der Waals surface area contributed by atoms with Crippen molar-refractivity contribution in [3.05, 3.63) is 28.8 Å². The van der Waals surface area contributed by atoms with Crippen LogP contribution in [0.15, 0.2) is 18.2 Å². The minimum atomic E-state index is -0.752. The lowest BCUT2D eigenvalue weighted by Crippen LogP contribution is -2.05. The summed E-state index contributed by atoms with van der Waals surface area (Å²) in [5, 5.41) is 9.33. The molecule has 1 aromatic carbocycles. The van der Waals surface area contributed by atoms with Crippen LogP contribution >= 0.6 is 11.6 Å². The molecule has 3 nitrogen and oxygen atoms in total. The number of carboxylic acids is 1. The molecular formula is C13H17ClO3. The van der Waals surface area contributed by atoms with Crippen LogP contribution in [0, 0.1) is 5.92 Å². The molecule has 1 rings (SSSR count). The lowest BCUT2D eigenvalue weighted by molar-refractivity contribution is -0.138. The highest BCUT2D eigenvalue weighted by molar-refractivity contribution is 6.31. The van der Waals surface area contributed by atoms with Gasteiger partial charge in [0.15, 0.2) is 0 Å². The highest BCUT2D eigenvalue weighted by Gasteiger charge is 2.09. The van der Waals surface area contributed by atoms with E-state index in [9.17, 15) is 4.79 Å². The zero-order valence-corrected chi connectivity index (χ0v) is 10.8. The van der Waals surface area contributed by atoms with Crippen LogP contribution in [0.2, 0.25) is 5.02 Å². The van der Waals surface area contributed by atoms with E-state index in [0.717, 1.165) is 24.2 Å². The van der Waals surface area contributed by atoms with Gasteiger partial charge in [0.25, 0.3) is 0 Å². The summed E-state index contributed by atoms with van der Waals surface area (Å²) >= 11 is 6.10. The predicted octanol–water partition coefficient (Wildman–Crippen LogP) is 3.39. The molecule has 0 saturated heterocycles. The van der Waals surface area contributed by atoms with E-state index < -0.39 is 5.97 Å². The van der Waals surface area contributed by atoms with E-state index in [4.69, 9.17) is 21.4 Å². The van der Waals surface area contributed by atoms with Gasteiger partial charge < -0.3 is 9.84 Å². The molecule has 1 N–H and O–H groups in total. The summed E-state index contributed by atoms with van der Waals surface area (Å²) in [6.45, 7) is 1.94. The highest BCUT2D eigenvalue weighted by Crippen LogP contribution is 2.24. The van der Waals surface area contributed by atoms with Gasteiger partial charge in [-0.2, -0.15) is 0 Å². The van der Waals surface area contributed by atoms with Crippen molar-refractivity contribution >= 4 is 17.6 Å². The number of aliphatic carboxylic acids is 1. The quantitative estimate of drug-likeness (QED) is 0.849. The molecule has 0 spiro atoms. The number of hydrogen-bond donors (Lipinski definition) is 1. The van der Waals surface area contributed by atoms with Crippen molar-refractivity contribution in [2.24, 2.45) is 5.92 Å². The number of carbonyl (C=O) groups is 1. The molecule has 0 aliphatic carbocycles. The fourth-order valence-corrected chi connectivity index (χ4v) is 1.92.